The molecule has 3 aromatic carbocycles. The number of likely N-dealkylation sites (tertiary alicyclic amines) is 1. The Balaban J connectivity index is 1.50. The average Bonchev–Trinajstić information content (AvgIpc) is 1.63. The molecule has 1 saturated heterocycles. The number of guanidine groups is 2. The summed E-state index contributed by atoms with van der Waals surface area (Å²) in [7, 11) is 0. The lowest BCUT2D eigenvalue weighted by molar-refractivity contribution is -0.140. The molecule has 15 amide bonds. The van der Waals surface area contributed by atoms with Crippen molar-refractivity contribution in [3.63, 3.8) is 0 Å². The molecule has 0 radical (unpaired) electrons. The standard InChI is InChI=1S/C79H124N24O15/c1-6-47(4)65(77(118)97-56(32-21-37-90-79(87)88)71(112)100-58(68(109)91-44-63(84)105)41-50-25-12-8-13-26-50)102-72(113)54(30-17-19-35-81)96-76(117)61-33-22-38-103(61)64(106)45-92-66(107)48(5)93-69(110)53(29-16-18-34-80)94-73(114)57(39-46(2)3)99-70(111)55(31-20-36-89-78(85)86)95-74(115)59(42-51-27-14-9-15-28-51)101-75(116)60(43-62(83)104)98-67(108)52(82)40-49-23-10-7-11-24-49/h7-15,23-28,46-48,52-61,65H,6,16-22,29-45,80-82H2,1-5H3,(H2,83,104)(H2,84,105)(H,91,109)(H,92,107)(H,93,110)(H,94,114)(H,95,115)(H,96,117)(H,97,118)(H,98,108)(H,99,111)(H,100,112)(H,101,116)(H,102,113)(H4,85,86,89)(H4,87,88,90)/t47-,48-,52-,53-,54-,55-,56-,57-,58-,59-,60-,61-,65-/m0/s1. The molecule has 1 heterocycles. The maximum atomic E-state index is 14.7. The minimum absolute atomic E-state index is 0.000726. The lowest BCUT2D eigenvalue weighted by atomic mass is 9.96. The van der Waals surface area contributed by atoms with E-state index in [2.05, 4.69) is 74.4 Å². The highest BCUT2D eigenvalue weighted by Crippen LogP contribution is 2.20. The summed E-state index contributed by atoms with van der Waals surface area (Å²) in [5, 5.41) is 52.3. The molecule has 650 valence electrons. The van der Waals surface area contributed by atoms with Gasteiger partial charge in [-0.15, -0.1) is 0 Å². The summed E-state index contributed by atoms with van der Waals surface area (Å²) in [6.07, 6.45) is 1.72. The highest BCUT2D eigenvalue weighted by atomic mass is 16.2. The SMILES string of the molecule is CC[C@H](C)[C@H](NC(=O)[C@H](CCCCN)NC(=O)[C@@H]1CCCN1C(=O)CNC(=O)[C@H](C)NC(=O)[C@H](CCCCN)NC(=O)[C@H](CC(C)C)NC(=O)[C@H](CCCNC(=N)N)NC(=O)[C@H](Cc1ccccc1)NC(=O)[C@H](CC(N)=O)NC(=O)[C@@H](N)Cc1ccccc1)C(=O)N[C@@H](CCCNC(=N)N)C(=O)N[C@@H](Cc1ccccc1)C(=O)NCC(N)=O. The van der Waals surface area contributed by atoms with Gasteiger partial charge < -0.3 is 119 Å². The van der Waals surface area contributed by atoms with Gasteiger partial charge in [0.05, 0.1) is 25.6 Å². The molecule has 1 aliphatic heterocycles. The third-order valence-electron chi connectivity index (χ3n) is 19.5. The second-order valence-electron chi connectivity index (χ2n) is 29.7. The van der Waals surface area contributed by atoms with Crippen molar-refractivity contribution in [3.8, 4) is 0 Å². The van der Waals surface area contributed by atoms with Crippen LogP contribution in [0.25, 0.3) is 0 Å². The van der Waals surface area contributed by atoms with Crippen LogP contribution in [-0.2, 0) is 91.2 Å². The number of carbonyl (C=O) groups is 15. The normalized spacial score (nSPS) is 15.4. The van der Waals surface area contributed by atoms with E-state index in [1.807, 2.05) is 0 Å². The van der Waals surface area contributed by atoms with Crippen LogP contribution >= 0.6 is 0 Å². The summed E-state index contributed by atoms with van der Waals surface area (Å²) in [4.78, 5) is 210. The van der Waals surface area contributed by atoms with E-state index in [4.69, 9.17) is 51.0 Å². The first kappa shape index (κ1) is 98.5. The molecular weight excluding hydrogens is 1530 g/mol. The zero-order valence-electron chi connectivity index (χ0n) is 68.0. The summed E-state index contributed by atoms with van der Waals surface area (Å²) < 4.78 is 0. The van der Waals surface area contributed by atoms with Crippen LogP contribution < -0.4 is 115 Å². The molecule has 30 N–H and O–H groups in total. The topological polar surface area (TPSA) is 658 Å². The van der Waals surface area contributed by atoms with Crippen molar-refractivity contribution < 1.29 is 71.9 Å². The van der Waals surface area contributed by atoms with Crippen LogP contribution in [0.2, 0.25) is 0 Å². The number of hydrogen-bond acceptors (Lipinski definition) is 20. The van der Waals surface area contributed by atoms with E-state index >= 15 is 0 Å². The highest BCUT2D eigenvalue weighted by molar-refractivity contribution is 6.00. The number of nitrogens with one attached hydrogen (secondary N) is 16. The van der Waals surface area contributed by atoms with Crippen LogP contribution in [0.1, 0.15) is 148 Å². The number of unbranched alkanes of at least 4 members (excludes halogenated alkanes) is 2. The van der Waals surface area contributed by atoms with Gasteiger partial charge in [0.25, 0.3) is 0 Å². The Bertz CT molecular complexity index is 3830. The van der Waals surface area contributed by atoms with Gasteiger partial charge in [0.15, 0.2) is 11.9 Å². The van der Waals surface area contributed by atoms with Crippen molar-refractivity contribution in [2.75, 3.05) is 45.8 Å². The van der Waals surface area contributed by atoms with Crippen LogP contribution in [0.5, 0.6) is 0 Å². The summed E-state index contributed by atoms with van der Waals surface area (Å²) in [6.45, 7) is 7.88. The predicted molar refractivity (Wildman–Crippen MR) is 440 cm³/mol. The fraction of sp³-hybridized carbons (Fsp3) is 0.557. The van der Waals surface area contributed by atoms with Crippen LogP contribution in [0.15, 0.2) is 91.0 Å². The van der Waals surface area contributed by atoms with Crippen LogP contribution in [0.4, 0.5) is 0 Å². The molecular formula is C79H124N24O15. The quantitative estimate of drug-likeness (QED) is 0.0144. The maximum Gasteiger partial charge on any atom is 0.243 e. The molecule has 3 aromatic rings. The first-order valence-electron chi connectivity index (χ1n) is 40.0. The number of nitrogens with zero attached hydrogens (tertiary/aromatic N) is 1. The third-order valence-corrected chi connectivity index (χ3v) is 19.5. The number of carbonyl (C=O) groups excluding carboxylic acids is 15. The van der Waals surface area contributed by atoms with E-state index in [0.717, 1.165) is 5.56 Å². The van der Waals surface area contributed by atoms with Gasteiger partial charge >= 0.3 is 0 Å². The zero-order chi connectivity index (χ0) is 87.4. The van der Waals surface area contributed by atoms with E-state index in [9.17, 15) is 71.9 Å². The van der Waals surface area contributed by atoms with Crippen LogP contribution in [0, 0.1) is 22.7 Å². The van der Waals surface area contributed by atoms with E-state index in [-0.39, 0.29) is 121 Å². The van der Waals surface area contributed by atoms with Gasteiger partial charge in [-0.25, -0.2) is 0 Å². The van der Waals surface area contributed by atoms with E-state index in [1.165, 1.54) is 11.8 Å². The third kappa shape index (κ3) is 36.5. The fourth-order valence-electron chi connectivity index (χ4n) is 12.9. The summed E-state index contributed by atoms with van der Waals surface area (Å²) >= 11 is 0. The van der Waals surface area contributed by atoms with Gasteiger partial charge in [0.1, 0.15) is 66.5 Å². The Morgan fingerprint density at radius 1 is 0.424 bits per heavy atom. The average molecular weight is 1650 g/mol. The van der Waals surface area contributed by atoms with Crippen molar-refractivity contribution >= 4 is 101 Å². The summed E-state index contributed by atoms with van der Waals surface area (Å²) in [6, 6.07) is 9.95. The molecule has 1 aliphatic rings. The fourth-order valence-corrected chi connectivity index (χ4v) is 12.9. The summed E-state index contributed by atoms with van der Waals surface area (Å²) in [5.74, 6) is -13.9. The molecule has 0 aromatic heterocycles. The Hall–Kier alpha value is -11.9. The van der Waals surface area contributed by atoms with Gasteiger partial charge in [-0.1, -0.05) is 125 Å². The van der Waals surface area contributed by atoms with Crippen molar-refractivity contribution in [1.29, 1.82) is 10.8 Å². The number of rotatable bonds is 54. The lowest BCUT2D eigenvalue weighted by Gasteiger charge is -2.30. The molecule has 39 nitrogen and oxygen atoms in total. The second kappa shape index (κ2) is 52.7. The number of nitrogens with two attached hydrogens (primary N) is 7. The highest BCUT2D eigenvalue weighted by Gasteiger charge is 2.40. The van der Waals surface area contributed by atoms with Crippen LogP contribution in [0.3, 0.4) is 0 Å². The molecule has 39 heteroatoms. The Labute approximate surface area is 687 Å². The van der Waals surface area contributed by atoms with Gasteiger partial charge in [0, 0.05) is 32.5 Å². The van der Waals surface area contributed by atoms with Crippen LogP contribution in [-0.4, -0.2) is 224 Å². The molecule has 0 aliphatic carbocycles. The van der Waals surface area contributed by atoms with Gasteiger partial charge in [-0.3, -0.25) is 82.7 Å². The molecule has 0 unspecified atom stereocenters. The zero-order valence-corrected chi connectivity index (χ0v) is 68.0. The minimum atomic E-state index is -1.60. The lowest BCUT2D eigenvalue weighted by Crippen LogP contribution is -2.60. The van der Waals surface area contributed by atoms with E-state index < -0.39 is 187 Å². The van der Waals surface area contributed by atoms with Crippen molar-refractivity contribution in [2.24, 2.45) is 52.0 Å². The molecule has 0 spiro atoms. The largest absolute Gasteiger partial charge is 0.370 e. The molecule has 4 rings (SSSR count). The first-order valence-corrected chi connectivity index (χ1v) is 40.0. The van der Waals surface area contributed by atoms with Crippen molar-refractivity contribution in [2.45, 2.75) is 223 Å². The first-order chi connectivity index (χ1) is 56.1. The molecule has 0 bridgehead atoms. The summed E-state index contributed by atoms with van der Waals surface area (Å²) in [5.41, 5.74) is 41.7. The van der Waals surface area contributed by atoms with Gasteiger partial charge in [-0.2, -0.15) is 0 Å². The van der Waals surface area contributed by atoms with Crippen molar-refractivity contribution in [1.82, 2.24) is 79.3 Å². The van der Waals surface area contributed by atoms with Crippen molar-refractivity contribution in [3.05, 3.63) is 108 Å². The minimum Gasteiger partial charge on any atom is -0.370 e. The number of amides is 15. The number of hydrogen-bond donors (Lipinski definition) is 23. The Morgan fingerprint density at radius 3 is 1.29 bits per heavy atom. The van der Waals surface area contributed by atoms with Gasteiger partial charge in [-0.05, 0) is 138 Å². The van der Waals surface area contributed by atoms with Gasteiger partial charge in [0.2, 0.25) is 88.6 Å². The smallest absolute Gasteiger partial charge is 0.243 e. The number of benzene rings is 3. The molecule has 1 fully saturated rings. The number of primary amides is 2. The monoisotopic (exact) mass is 1650 g/mol. The maximum absolute atomic E-state index is 14.7. The molecule has 0 saturated carbocycles. The molecule has 13 atom stereocenters. The second-order valence-corrected chi connectivity index (χ2v) is 29.7. The van der Waals surface area contributed by atoms with E-state index in [1.54, 1.807) is 119 Å². The predicted octanol–water partition coefficient (Wildman–Crippen LogP) is -4.63. The Morgan fingerprint density at radius 2 is 0.822 bits per heavy atom. The molecule has 118 heavy (non-hydrogen) atoms. The Kier molecular flexibility index (Phi) is 44.0. The van der Waals surface area contributed by atoms with E-state index in [0.29, 0.717) is 49.7 Å².